The summed E-state index contributed by atoms with van der Waals surface area (Å²) < 4.78 is 6.57. The van der Waals surface area contributed by atoms with Gasteiger partial charge in [0.05, 0.1) is 12.2 Å². The largest absolute Gasteiger partial charge is 0.440 e. The Hall–Kier alpha value is -1.13. The van der Waals surface area contributed by atoms with E-state index in [0.29, 0.717) is 12.4 Å². The van der Waals surface area contributed by atoms with Crippen LogP contribution >= 0.6 is 15.9 Å². The van der Waals surface area contributed by atoms with Gasteiger partial charge in [-0.1, -0.05) is 15.9 Å². The van der Waals surface area contributed by atoms with E-state index in [1.165, 1.54) is 0 Å². The third-order valence-electron chi connectivity index (χ3n) is 2.17. The van der Waals surface area contributed by atoms with Crippen LogP contribution in [0, 0.1) is 6.92 Å². The molecule has 1 aromatic heterocycles. The number of halogens is 1. The second-order valence-corrected chi connectivity index (χ2v) is 4.15. The van der Waals surface area contributed by atoms with Gasteiger partial charge in [-0.3, -0.25) is 0 Å². The van der Waals surface area contributed by atoms with Crippen molar-refractivity contribution < 1.29 is 4.42 Å². The summed E-state index contributed by atoms with van der Waals surface area (Å²) in [6.45, 7) is 2.28. The van der Waals surface area contributed by atoms with Crippen LogP contribution in [0.3, 0.4) is 0 Å². The maximum atomic E-state index is 5.54. The van der Waals surface area contributed by atoms with E-state index < -0.39 is 0 Å². The summed E-state index contributed by atoms with van der Waals surface area (Å²) in [5.41, 5.74) is 7.34. The molecule has 2 N–H and O–H groups in total. The Morgan fingerprint density at radius 1 is 1.33 bits per heavy atom. The summed E-state index contributed by atoms with van der Waals surface area (Å²) >= 11 is 3.38. The van der Waals surface area contributed by atoms with E-state index in [-0.39, 0.29) is 0 Å². The number of rotatable bonds is 2. The average molecular weight is 267 g/mol. The zero-order valence-corrected chi connectivity index (χ0v) is 9.91. The molecule has 0 aliphatic carbocycles. The number of aryl methyl sites for hydroxylation is 1. The summed E-state index contributed by atoms with van der Waals surface area (Å²) in [7, 11) is 0. The standard InChI is InChI=1S/C11H11BrN2O/c1-7-10(6-13)15-11(14-7)8-2-4-9(12)5-3-8/h2-5H,6,13H2,1H3. The van der Waals surface area contributed by atoms with E-state index in [1.807, 2.05) is 31.2 Å². The van der Waals surface area contributed by atoms with Gasteiger partial charge in [-0.15, -0.1) is 0 Å². The maximum Gasteiger partial charge on any atom is 0.226 e. The lowest BCUT2D eigenvalue weighted by Crippen LogP contribution is -1.95. The molecule has 0 saturated heterocycles. The van der Waals surface area contributed by atoms with Gasteiger partial charge in [-0.2, -0.15) is 0 Å². The van der Waals surface area contributed by atoms with Crippen molar-refractivity contribution >= 4 is 15.9 Å². The summed E-state index contributed by atoms with van der Waals surface area (Å²) in [5, 5.41) is 0. The zero-order chi connectivity index (χ0) is 10.8. The summed E-state index contributed by atoms with van der Waals surface area (Å²) in [6, 6.07) is 7.82. The van der Waals surface area contributed by atoms with Crippen LogP contribution in [-0.2, 0) is 6.54 Å². The van der Waals surface area contributed by atoms with Gasteiger partial charge >= 0.3 is 0 Å². The van der Waals surface area contributed by atoms with Gasteiger partial charge in [0.25, 0.3) is 0 Å². The highest BCUT2D eigenvalue weighted by molar-refractivity contribution is 9.10. The SMILES string of the molecule is Cc1nc(-c2ccc(Br)cc2)oc1CN. The third-order valence-corrected chi connectivity index (χ3v) is 2.70. The average Bonchev–Trinajstić information content (AvgIpc) is 2.61. The summed E-state index contributed by atoms with van der Waals surface area (Å²) in [4.78, 5) is 4.32. The molecule has 0 aliphatic heterocycles. The van der Waals surface area contributed by atoms with Gasteiger partial charge in [0.15, 0.2) is 0 Å². The molecule has 15 heavy (non-hydrogen) atoms. The molecule has 0 atom stereocenters. The van der Waals surface area contributed by atoms with E-state index in [9.17, 15) is 0 Å². The lowest BCUT2D eigenvalue weighted by molar-refractivity contribution is 0.518. The third kappa shape index (κ3) is 2.11. The van der Waals surface area contributed by atoms with E-state index in [4.69, 9.17) is 10.2 Å². The predicted molar refractivity (Wildman–Crippen MR) is 62.3 cm³/mol. The Kier molecular flexibility index (Phi) is 2.88. The molecular weight excluding hydrogens is 256 g/mol. The predicted octanol–water partition coefficient (Wildman–Crippen LogP) is 2.87. The normalized spacial score (nSPS) is 10.6. The highest BCUT2D eigenvalue weighted by Gasteiger charge is 2.09. The van der Waals surface area contributed by atoms with Crippen molar-refractivity contribution in [2.75, 3.05) is 0 Å². The molecular formula is C11H11BrN2O. The van der Waals surface area contributed by atoms with E-state index in [1.54, 1.807) is 0 Å². The van der Waals surface area contributed by atoms with Gasteiger partial charge in [-0.05, 0) is 31.2 Å². The number of hydrogen-bond acceptors (Lipinski definition) is 3. The Morgan fingerprint density at radius 2 is 2.00 bits per heavy atom. The minimum absolute atomic E-state index is 0.384. The molecule has 1 aromatic carbocycles. The molecule has 3 nitrogen and oxygen atoms in total. The Bertz CT molecular complexity index is 462. The summed E-state index contributed by atoms with van der Waals surface area (Å²) in [5.74, 6) is 1.37. The second kappa shape index (κ2) is 4.16. The minimum atomic E-state index is 0.384. The Balaban J connectivity index is 2.41. The van der Waals surface area contributed by atoms with Crippen LogP contribution in [0.1, 0.15) is 11.5 Å². The molecule has 0 aliphatic rings. The monoisotopic (exact) mass is 266 g/mol. The van der Waals surface area contributed by atoms with Crippen molar-refractivity contribution in [3.05, 3.63) is 40.2 Å². The van der Waals surface area contributed by atoms with Crippen LogP contribution in [0.5, 0.6) is 0 Å². The van der Waals surface area contributed by atoms with Crippen LogP contribution in [0.4, 0.5) is 0 Å². The van der Waals surface area contributed by atoms with Crippen molar-refractivity contribution in [2.45, 2.75) is 13.5 Å². The molecule has 0 spiro atoms. The van der Waals surface area contributed by atoms with Crippen molar-refractivity contribution in [1.82, 2.24) is 4.98 Å². The Labute approximate surface area is 96.4 Å². The quantitative estimate of drug-likeness (QED) is 0.910. The number of aromatic nitrogens is 1. The first-order valence-corrected chi connectivity index (χ1v) is 5.42. The molecule has 0 radical (unpaired) electrons. The molecule has 2 rings (SSSR count). The van der Waals surface area contributed by atoms with Crippen molar-refractivity contribution in [3.8, 4) is 11.5 Å². The van der Waals surface area contributed by atoms with Gasteiger partial charge in [-0.25, -0.2) is 4.98 Å². The van der Waals surface area contributed by atoms with E-state index in [2.05, 4.69) is 20.9 Å². The first-order chi connectivity index (χ1) is 7.20. The van der Waals surface area contributed by atoms with Crippen molar-refractivity contribution in [3.63, 3.8) is 0 Å². The van der Waals surface area contributed by atoms with E-state index >= 15 is 0 Å². The number of oxazole rings is 1. The fourth-order valence-corrected chi connectivity index (χ4v) is 1.60. The van der Waals surface area contributed by atoms with Gasteiger partial charge in [0.2, 0.25) is 5.89 Å². The van der Waals surface area contributed by atoms with Gasteiger partial charge in [0.1, 0.15) is 5.76 Å². The van der Waals surface area contributed by atoms with Crippen LogP contribution in [0.25, 0.3) is 11.5 Å². The lowest BCUT2D eigenvalue weighted by atomic mass is 10.2. The van der Waals surface area contributed by atoms with E-state index in [0.717, 1.165) is 21.5 Å². The van der Waals surface area contributed by atoms with Crippen LogP contribution in [-0.4, -0.2) is 4.98 Å². The second-order valence-electron chi connectivity index (χ2n) is 3.24. The molecule has 0 fully saturated rings. The fourth-order valence-electron chi connectivity index (χ4n) is 1.33. The molecule has 2 aromatic rings. The number of hydrogen-bond donors (Lipinski definition) is 1. The van der Waals surface area contributed by atoms with Gasteiger partial charge in [0, 0.05) is 10.0 Å². The Morgan fingerprint density at radius 3 is 2.53 bits per heavy atom. The van der Waals surface area contributed by atoms with Crippen LogP contribution in [0.2, 0.25) is 0 Å². The van der Waals surface area contributed by atoms with Crippen LogP contribution in [0.15, 0.2) is 33.2 Å². The number of nitrogens with zero attached hydrogens (tertiary/aromatic N) is 1. The highest BCUT2D eigenvalue weighted by Crippen LogP contribution is 2.23. The molecule has 78 valence electrons. The van der Waals surface area contributed by atoms with Crippen molar-refractivity contribution in [1.29, 1.82) is 0 Å². The number of benzene rings is 1. The van der Waals surface area contributed by atoms with Crippen LogP contribution < -0.4 is 5.73 Å². The zero-order valence-electron chi connectivity index (χ0n) is 8.33. The smallest absolute Gasteiger partial charge is 0.226 e. The first kappa shape index (κ1) is 10.4. The minimum Gasteiger partial charge on any atom is -0.440 e. The maximum absolute atomic E-state index is 5.54. The lowest BCUT2D eigenvalue weighted by Gasteiger charge is -1.95. The summed E-state index contributed by atoms with van der Waals surface area (Å²) in [6.07, 6.45) is 0. The number of nitrogens with two attached hydrogens (primary N) is 1. The molecule has 0 amide bonds. The molecule has 0 bridgehead atoms. The molecule has 0 saturated carbocycles. The van der Waals surface area contributed by atoms with Crippen molar-refractivity contribution in [2.24, 2.45) is 5.73 Å². The molecule has 1 heterocycles. The van der Waals surface area contributed by atoms with Gasteiger partial charge < -0.3 is 10.2 Å². The topological polar surface area (TPSA) is 52.0 Å². The fraction of sp³-hybridized carbons (Fsp3) is 0.182. The molecule has 4 heteroatoms. The highest BCUT2D eigenvalue weighted by atomic mass is 79.9. The molecule has 0 unspecified atom stereocenters. The first-order valence-electron chi connectivity index (χ1n) is 4.63.